The minimum Gasteiger partial charge on any atom is -0.497 e. The van der Waals surface area contributed by atoms with E-state index in [1.165, 1.54) is 37.0 Å². The number of fused-ring (bicyclic) bond motifs is 1. The molecule has 2 aromatic rings. The first-order valence-corrected chi connectivity index (χ1v) is 10.1. The zero-order chi connectivity index (χ0) is 17.8. The van der Waals surface area contributed by atoms with Crippen molar-refractivity contribution in [3.63, 3.8) is 0 Å². The summed E-state index contributed by atoms with van der Waals surface area (Å²) in [6, 6.07) is 5.93. The molecule has 1 fully saturated rings. The Kier molecular flexibility index (Phi) is 6.15. The molecule has 134 valence electrons. The highest BCUT2D eigenvalue weighted by molar-refractivity contribution is 7.80. The number of thiocarbonyl (C=S) groups is 1. The van der Waals surface area contributed by atoms with Crippen LogP contribution in [0.1, 0.15) is 48.2 Å². The maximum Gasteiger partial charge on any atom is 0.269 e. The lowest BCUT2D eigenvalue weighted by Gasteiger charge is -2.18. The van der Waals surface area contributed by atoms with E-state index in [-0.39, 0.29) is 5.91 Å². The van der Waals surface area contributed by atoms with Crippen LogP contribution < -0.4 is 15.4 Å². The van der Waals surface area contributed by atoms with E-state index in [1.54, 1.807) is 7.11 Å². The van der Waals surface area contributed by atoms with Gasteiger partial charge < -0.3 is 10.1 Å². The molecule has 1 amide bonds. The summed E-state index contributed by atoms with van der Waals surface area (Å²) in [6.45, 7) is 0. The number of benzene rings is 1. The van der Waals surface area contributed by atoms with E-state index in [4.69, 9.17) is 28.6 Å². The van der Waals surface area contributed by atoms with E-state index in [0.29, 0.717) is 21.1 Å². The second kappa shape index (κ2) is 8.34. The Morgan fingerprint density at radius 2 is 2.00 bits per heavy atom. The fourth-order valence-electron chi connectivity index (χ4n) is 3.12. The van der Waals surface area contributed by atoms with Gasteiger partial charge in [0.15, 0.2) is 5.11 Å². The van der Waals surface area contributed by atoms with Crippen molar-refractivity contribution in [3.05, 3.63) is 28.1 Å². The number of nitrogens with one attached hydrogen (secondary N) is 2. The molecule has 1 heterocycles. The fraction of sp³-hybridized carbons (Fsp3) is 0.444. The van der Waals surface area contributed by atoms with Crippen molar-refractivity contribution < 1.29 is 9.53 Å². The van der Waals surface area contributed by atoms with E-state index in [2.05, 4.69) is 10.6 Å². The van der Waals surface area contributed by atoms with Crippen molar-refractivity contribution in [1.82, 2.24) is 10.6 Å². The van der Waals surface area contributed by atoms with Crippen LogP contribution in [-0.4, -0.2) is 24.2 Å². The summed E-state index contributed by atoms with van der Waals surface area (Å²) in [5.74, 6) is 0.471. The molecular weight excluding hydrogens is 376 g/mol. The molecule has 1 aliphatic rings. The smallest absolute Gasteiger partial charge is 0.269 e. The lowest BCUT2D eigenvalue weighted by atomic mass is 10.1. The lowest BCUT2D eigenvalue weighted by molar-refractivity contribution is 0.0980. The molecule has 4 nitrogen and oxygen atoms in total. The van der Waals surface area contributed by atoms with E-state index in [0.717, 1.165) is 28.7 Å². The van der Waals surface area contributed by atoms with Crippen LogP contribution >= 0.6 is 35.2 Å². The summed E-state index contributed by atoms with van der Waals surface area (Å²) in [5.41, 5.74) is 0. The molecule has 0 radical (unpaired) electrons. The molecule has 0 atom stereocenters. The number of hydrogen-bond donors (Lipinski definition) is 2. The van der Waals surface area contributed by atoms with Gasteiger partial charge in [0.05, 0.1) is 12.1 Å². The van der Waals surface area contributed by atoms with Gasteiger partial charge in [-0.25, -0.2) is 0 Å². The first-order valence-electron chi connectivity index (χ1n) is 8.46. The molecule has 1 aliphatic carbocycles. The number of methoxy groups -OCH3 is 1. The molecule has 0 spiro atoms. The summed E-state index contributed by atoms with van der Waals surface area (Å²) in [6.07, 6.45) is 7.16. The Bertz CT molecular complexity index is 783. The summed E-state index contributed by atoms with van der Waals surface area (Å²) < 4.78 is 6.14. The van der Waals surface area contributed by atoms with Crippen LogP contribution in [0.4, 0.5) is 0 Å². The van der Waals surface area contributed by atoms with Crippen molar-refractivity contribution in [3.8, 4) is 5.75 Å². The maximum absolute atomic E-state index is 12.6. The number of ether oxygens (including phenoxy) is 1. The summed E-state index contributed by atoms with van der Waals surface area (Å²) >= 11 is 13.0. The maximum atomic E-state index is 12.6. The zero-order valence-corrected chi connectivity index (χ0v) is 16.5. The quantitative estimate of drug-likeness (QED) is 0.572. The molecule has 0 aliphatic heterocycles. The molecule has 0 bridgehead atoms. The highest BCUT2D eigenvalue weighted by atomic mass is 35.5. The number of hydrogen-bond acceptors (Lipinski definition) is 4. The topological polar surface area (TPSA) is 50.4 Å². The van der Waals surface area contributed by atoms with Gasteiger partial charge in [-0.15, -0.1) is 11.3 Å². The molecule has 0 saturated heterocycles. The van der Waals surface area contributed by atoms with Crippen LogP contribution in [0.3, 0.4) is 0 Å². The van der Waals surface area contributed by atoms with Crippen molar-refractivity contribution in [1.29, 1.82) is 0 Å². The normalized spacial score (nSPS) is 15.6. The largest absolute Gasteiger partial charge is 0.497 e. The van der Waals surface area contributed by atoms with Gasteiger partial charge in [-0.3, -0.25) is 10.1 Å². The fourth-order valence-corrected chi connectivity index (χ4v) is 4.82. The molecule has 25 heavy (non-hydrogen) atoms. The first kappa shape index (κ1) is 18.4. The van der Waals surface area contributed by atoms with E-state index in [9.17, 15) is 4.79 Å². The van der Waals surface area contributed by atoms with Crippen LogP contribution in [0.25, 0.3) is 10.1 Å². The predicted molar refractivity (Wildman–Crippen MR) is 108 cm³/mol. The van der Waals surface area contributed by atoms with Crippen LogP contribution in [0, 0.1) is 0 Å². The third-order valence-corrected chi connectivity index (χ3v) is 6.34. The number of carbonyl (C=O) groups excluding carboxylic acids is 1. The van der Waals surface area contributed by atoms with Gasteiger partial charge in [-0.05, 0) is 43.3 Å². The summed E-state index contributed by atoms with van der Waals surface area (Å²) in [5, 5.41) is 7.72. The van der Waals surface area contributed by atoms with Gasteiger partial charge in [0.2, 0.25) is 0 Å². The Morgan fingerprint density at radius 1 is 1.28 bits per heavy atom. The number of rotatable bonds is 3. The highest BCUT2D eigenvalue weighted by Gasteiger charge is 2.20. The van der Waals surface area contributed by atoms with E-state index < -0.39 is 0 Å². The van der Waals surface area contributed by atoms with Crippen molar-refractivity contribution in [2.24, 2.45) is 0 Å². The minimum absolute atomic E-state index is 0.267. The second-order valence-electron chi connectivity index (χ2n) is 6.22. The second-order valence-corrected chi connectivity index (χ2v) is 8.06. The standard InChI is InChI=1S/C18H21ClN2O2S2/c1-23-12-8-9-13-14(10-12)25-16(15(13)19)17(22)21-18(24)20-11-6-4-2-3-5-7-11/h8-11H,2-7H2,1H3,(H2,20,21,22,24). The molecule has 3 rings (SSSR count). The van der Waals surface area contributed by atoms with Crippen molar-refractivity contribution in [2.75, 3.05) is 7.11 Å². The predicted octanol–water partition coefficient (Wildman–Crippen LogP) is 4.89. The Hall–Kier alpha value is -1.37. The van der Waals surface area contributed by atoms with E-state index in [1.807, 2.05) is 18.2 Å². The molecule has 7 heteroatoms. The number of thiophene rings is 1. The Balaban J connectivity index is 1.69. The van der Waals surface area contributed by atoms with Crippen LogP contribution in [-0.2, 0) is 0 Å². The van der Waals surface area contributed by atoms with Gasteiger partial charge in [0.1, 0.15) is 10.6 Å². The lowest BCUT2D eigenvalue weighted by Crippen LogP contribution is -2.44. The van der Waals surface area contributed by atoms with Crippen molar-refractivity contribution >= 4 is 56.3 Å². The van der Waals surface area contributed by atoms with E-state index >= 15 is 0 Å². The zero-order valence-electron chi connectivity index (χ0n) is 14.1. The van der Waals surface area contributed by atoms with Gasteiger partial charge in [0, 0.05) is 16.1 Å². The molecule has 1 aromatic carbocycles. The summed E-state index contributed by atoms with van der Waals surface area (Å²) in [4.78, 5) is 13.0. The van der Waals surface area contributed by atoms with Crippen LogP contribution in [0.15, 0.2) is 18.2 Å². The number of halogens is 1. The van der Waals surface area contributed by atoms with Gasteiger partial charge in [-0.2, -0.15) is 0 Å². The molecule has 1 saturated carbocycles. The average molecular weight is 397 g/mol. The summed E-state index contributed by atoms with van der Waals surface area (Å²) in [7, 11) is 1.61. The SMILES string of the molecule is COc1ccc2c(Cl)c(C(=O)NC(=S)NC3CCCCCC3)sc2c1. The van der Waals surface area contributed by atoms with Gasteiger partial charge >= 0.3 is 0 Å². The minimum atomic E-state index is -0.267. The van der Waals surface area contributed by atoms with Crippen LogP contribution in [0.2, 0.25) is 5.02 Å². The van der Waals surface area contributed by atoms with Crippen molar-refractivity contribution in [2.45, 2.75) is 44.6 Å². The number of amides is 1. The Labute approximate surface area is 161 Å². The third-order valence-electron chi connectivity index (χ3n) is 4.46. The number of carbonyl (C=O) groups is 1. The Morgan fingerprint density at radius 3 is 2.68 bits per heavy atom. The van der Waals surface area contributed by atoms with Gasteiger partial charge in [-0.1, -0.05) is 37.3 Å². The average Bonchev–Trinajstić information content (AvgIpc) is 2.75. The molecular formula is C18H21ClN2O2S2. The highest BCUT2D eigenvalue weighted by Crippen LogP contribution is 2.37. The third kappa shape index (κ3) is 4.43. The molecule has 2 N–H and O–H groups in total. The molecule has 1 aromatic heterocycles. The van der Waals surface area contributed by atoms with Crippen LogP contribution in [0.5, 0.6) is 5.75 Å². The first-order chi connectivity index (χ1) is 12.1. The monoisotopic (exact) mass is 396 g/mol. The van der Waals surface area contributed by atoms with Gasteiger partial charge in [0.25, 0.3) is 5.91 Å². The molecule has 0 unspecified atom stereocenters.